The van der Waals surface area contributed by atoms with Crippen LogP contribution in [-0.4, -0.2) is 18.6 Å². The molecule has 2 aromatic carbocycles. The lowest BCUT2D eigenvalue weighted by atomic mass is 10.1. The maximum atomic E-state index is 12.5. The maximum absolute atomic E-state index is 12.5. The fourth-order valence-electron chi connectivity index (χ4n) is 2.81. The summed E-state index contributed by atoms with van der Waals surface area (Å²) < 4.78 is 11.6. The standard InChI is InChI=1S/C22H29NO3/c1-5-8-17(4)23-22(24)18-11-12-21(25-6-2)19(14-18)15-26-20-10-7-9-16(3)13-20/h7,9-14,17H,5-6,8,15H2,1-4H3,(H,23,24)/t17-/m0/s1. The molecule has 4 nitrogen and oxygen atoms in total. The lowest BCUT2D eigenvalue weighted by Crippen LogP contribution is -2.32. The number of carbonyl (C=O) groups excluding carboxylic acids is 1. The summed E-state index contributed by atoms with van der Waals surface area (Å²) in [7, 11) is 0. The van der Waals surface area contributed by atoms with Crippen molar-refractivity contribution in [1.82, 2.24) is 5.32 Å². The van der Waals surface area contributed by atoms with Crippen molar-refractivity contribution >= 4 is 5.91 Å². The molecule has 1 atom stereocenters. The van der Waals surface area contributed by atoms with Gasteiger partial charge < -0.3 is 14.8 Å². The Morgan fingerprint density at radius 3 is 2.62 bits per heavy atom. The summed E-state index contributed by atoms with van der Waals surface area (Å²) in [4.78, 5) is 12.5. The molecule has 0 aromatic heterocycles. The molecule has 0 radical (unpaired) electrons. The number of carbonyl (C=O) groups is 1. The molecular formula is C22H29NO3. The van der Waals surface area contributed by atoms with E-state index in [1.165, 1.54) is 0 Å². The molecule has 0 spiro atoms. The van der Waals surface area contributed by atoms with Gasteiger partial charge in [0.1, 0.15) is 18.1 Å². The van der Waals surface area contributed by atoms with E-state index in [-0.39, 0.29) is 11.9 Å². The van der Waals surface area contributed by atoms with Crippen molar-refractivity contribution in [3.8, 4) is 11.5 Å². The molecule has 0 aliphatic carbocycles. The maximum Gasteiger partial charge on any atom is 0.251 e. The van der Waals surface area contributed by atoms with E-state index in [1.54, 1.807) is 6.07 Å². The Hall–Kier alpha value is -2.49. The quantitative estimate of drug-likeness (QED) is 0.696. The first-order valence-electron chi connectivity index (χ1n) is 9.29. The first-order chi connectivity index (χ1) is 12.5. The van der Waals surface area contributed by atoms with Gasteiger partial charge in [0.2, 0.25) is 0 Å². The van der Waals surface area contributed by atoms with E-state index < -0.39 is 0 Å². The zero-order valence-corrected chi connectivity index (χ0v) is 16.2. The van der Waals surface area contributed by atoms with Crippen LogP contribution in [0.5, 0.6) is 11.5 Å². The highest BCUT2D eigenvalue weighted by molar-refractivity contribution is 5.94. The van der Waals surface area contributed by atoms with Gasteiger partial charge in [-0.15, -0.1) is 0 Å². The summed E-state index contributed by atoms with van der Waals surface area (Å²) in [5.74, 6) is 1.49. The van der Waals surface area contributed by atoms with Gasteiger partial charge in [0.15, 0.2) is 0 Å². The third kappa shape index (κ3) is 5.80. The molecule has 0 heterocycles. The van der Waals surface area contributed by atoms with Crippen LogP contribution in [-0.2, 0) is 6.61 Å². The van der Waals surface area contributed by atoms with E-state index in [4.69, 9.17) is 9.47 Å². The Kier molecular flexibility index (Phi) is 7.52. The Balaban J connectivity index is 2.15. The normalized spacial score (nSPS) is 11.7. The van der Waals surface area contributed by atoms with Gasteiger partial charge in [0.25, 0.3) is 5.91 Å². The predicted molar refractivity (Wildman–Crippen MR) is 105 cm³/mol. The SMILES string of the molecule is CCC[C@H](C)NC(=O)c1ccc(OCC)c(COc2cccc(C)c2)c1. The average Bonchev–Trinajstić information content (AvgIpc) is 2.61. The molecule has 0 unspecified atom stereocenters. The van der Waals surface area contributed by atoms with Crippen molar-refractivity contribution < 1.29 is 14.3 Å². The molecule has 0 saturated heterocycles. The lowest BCUT2D eigenvalue weighted by molar-refractivity contribution is 0.0938. The summed E-state index contributed by atoms with van der Waals surface area (Å²) in [5, 5.41) is 3.04. The highest BCUT2D eigenvalue weighted by Crippen LogP contribution is 2.23. The van der Waals surface area contributed by atoms with E-state index in [9.17, 15) is 4.79 Å². The minimum absolute atomic E-state index is 0.0641. The zero-order chi connectivity index (χ0) is 18.9. The molecule has 2 rings (SSSR count). The second kappa shape index (κ2) is 9.85. The first-order valence-corrected chi connectivity index (χ1v) is 9.29. The van der Waals surface area contributed by atoms with Crippen LogP contribution in [0.15, 0.2) is 42.5 Å². The summed E-state index contributed by atoms with van der Waals surface area (Å²) in [5.41, 5.74) is 2.63. The van der Waals surface area contributed by atoms with E-state index in [0.717, 1.165) is 35.5 Å². The minimum atomic E-state index is -0.0641. The molecule has 1 amide bonds. The van der Waals surface area contributed by atoms with Crippen molar-refractivity contribution in [3.05, 3.63) is 59.2 Å². The van der Waals surface area contributed by atoms with Gasteiger partial charge in [-0.3, -0.25) is 4.79 Å². The van der Waals surface area contributed by atoms with Crippen LogP contribution in [0.4, 0.5) is 0 Å². The second-order valence-corrected chi connectivity index (χ2v) is 6.52. The average molecular weight is 355 g/mol. The summed E-state index contributed by atoms with van der Waals surface area (Å²) >= 11 is 0. The van der Waals surface area contributed by atoms with Gasteiger partial charge in [-0.05, 0) is 63.1 Å². The van der Waals surface area contributed by atoms with Crippen molar-refractivity contribution in [2.75, 3.05) is 6.61 Å². The molecule has 0 saturated carbocycles. The van der Waals surface area contributed by atoms with Crippen molar-refractivity contribution in [3.63, 3.8) is 0 Å². The topological polar surface area (TPSA) is 47.6 Å². The molecule has 0 aliphatic rings. The smallest absolute Gasteiger partial charge is 0.251 e. The van der Waals surface area contributed by atoms with E-state index >= 15 is 0 Å². The summed E-state index contributed by atoms with van der Waals surface area (Å²) in [6, 6.07) is 13.6. The second-order valence-electron chi connectivity index (χ2n) is 6.52. The Bertz CT molecular complexity index is 727. The van der Waals surface area contributed by atoms with Crippen molar-refractivity contribution in [2.45, 2.75) is 53.2 Å². The number of rotatable bonds is 9. The van der Waals surface area contributed by atoms with Crippen molar-refractivity contribution in [1.29, 1.82) is 0 Å². The minimum Gasteiger partial charge on any atom is -0.493 e. The highest BCUT2D eigenvalue weighted by atomic mass is 16.5. The van der Waals surface area contributed by atoms with Crippen LogP contribution in [0, 0.1) is 6.92 Å². The summed E-state index contributed by atoms with van der Waals surface area (Å²) in [6.07, 6.45) is 2.01. The van der Waals surface area contributed by atoms with E-state index in [1.807, 2.05) is 57.2 Å². The zero-order valence-electron chi connectivity index (χ0n) is 16.2. The van der Waals surface area contributed by atoms with Crippen LogP contribution < -0.4 is 14.8 Å². The Morgan fingerprint density at radius 2 is 1.92 bits per heavy atom. The largest absolute Gasteiger partial charge is 0.493 e. The molecule has 0 aliphatic heterocycles. The number of aryl methyl sites for hydroxylation is 1. The summed E-state index contributed by atoms with van der Waals surface area (Å²) in [6.45, 7) is 9.03. The molecule has 4 heteroatoms. The molecule has 0 fully saturated rings. The number of benzene rings is 2. The van der Waals surface area contributed by atoms with Gasteiger partial charge in [-0.1, -0.05) is 25.5 Å². The van der Waals surface area contributed by atoms with Crippen LogP contribution in [0.1, 0.15) is 55.1 Å². The lowest BCUT2D eigenvalue weighted by Gasteiger charge is -2.15. The van der Waals surface area contributed by atoms with Crippen molar-refractivity contribution in [2.24, 2.45) is 0 Å². The fraction of sp³-hybridized carbons (Fsp3) is 0.409. The molecule has 1 N–H and O–H groups in total. The van der Waals surface area contributed by atoms with E-state index in [0.29, 0.717) is 18.8 Å². The van der Waals surface area contributed by atoms with Gasteiger partial charge >= 0.3 is 0 Å². The highest BCUT2D eigenvalue weighted by Gasteiger charge is 2.13. The Labute approximate surface area is 156 Å². The fourth-order valence-corrected chi connectivity index (χ4v) is 2.81. The van der Waals surface area contributed by atoms with E-state index in [2.05, 4.69) is 12.2 Å². The van der Waals surface area contributed by atoms with Gasteiger partial charge in [0, 0.05) is 17.2 Å². The van der Waals surface area contributed by atoms with Gasteiger partial charge in [-0.2, -0.15) is 0 Å². The number of nitrogens with one attached hydrogen (secondary N) is 1. The number of hydrogen-bond acceptors (Lipinski definition) is 3. The first kappa shape index (κ1) is 19.8. The number of amides is 1. The predicted octanol–water partition coefficient (Wildman–Crippen LogP) is 4.89. The van der Waals surface area contributed by atoms with Gasteiger partial charge in [-0.25, -0.2) is 0 Å². The molecule has 0 bridgehead atoms. The third-order valence-corrected chi connectivity index (χ3v) is 4.11. The monoisotopic (exact) mass is 355 g/mol. The van der Waals surface area contributed by atoms with Crippen LogP contribution in [0.2, 0.25) is 0 Å². The molecule has 2 aromatic rings. The van der Waals surface area contributed by atoms with Gasteiger partial charge in [0.05, 0.1) is 6.61 Å². The molecule has 26 heavy (non-hydrogen) atoms. The third-order valence-electron chi connectivity index (χ3n) is 4.11. The van der Waals surface area contributed by atoms with Crippen LogP contribution in [0.25, 0.3) is 0 Å². The molecule has 140 valence electrons. The molecular weight excluding hydrogens is 326 g/mol. The van der Waals surface area contributed by atoms with Crippen LogP contribution >= 0.6 is 0 Å². The Morgan fingerprint density at radius 1 is 1.12 bits per heavy atom. The van der Waals surface area contributed by atoms with Crippen LogP contribution in [0.3, 0.4) is 0 Å². The number of hydrogen-bond donors (Lipinski definition) is 1. The number of ether oxygens (including phenoxy) is 2.